The molecule has 2 heteroatoms. The molecule has 1 N–H and O–H groups in total. The molecule has 0 aliphatic heterocycles. The van der Waals surface area contributed by atoms with E-state index in [0.29, 0.717) is 18.1 Å². The summed E-state index contributed by atoms with van der Waals surface area (Å²) in [5.41, 5.74) is 0. The smallest absolute Gasteiger partial charge is 0.138 e. The lowest BCUT2D eigenvalue weighted by Crippen LogP contribution is -2.38. The zero-order valence-corrected chi connectivity index (χ0v) is 8.04. The van der Waals surface area contributed by atoms with Crippen LogP contribution in [-0.4, -0.2) is 17.5 Å². The molecule has 2 aliphatic rings. The largest absolute Gasteiger partial charge is 0.396 e. The molecular formula is C11H18O2. The molecule has 2 nitrogen and oxygen atoms in total. The fourth-order valence-corrected chi connectivity index (χ4v) is 3.11. The summed E-state index contributed by atoms with van der Waals surface area (Å²) in [6.45, 7) is 0.0833. The minimum absolute atomic E-state index is 0.0148. The van der Waals surface area contributed by atoms with Gasteiger partial charge in [0.2, 0.25) is 0 Å². The van der Waals surface area contributed by atoms with Crippen molar-refractivity contribution in [2.75, 3.05) is 6.61 Å². The SMILES string of the molecule is O=C1CC[C@H]2CCCC[C@H]2C1CO. The summed E-state index contributed by atoms with van der Waals surface area (Å²) in [7, 11) is 0. The Bertz CT molecular complexity index is 200. The first kappa shape index (κ1) is 9.20. The molecule has 0 amide bonds. The molecule has 2 rings (SSSR count). The van der Waals surface area contributed by atoms with E-state index in [1.807, 2.05) is 0 Å². The summed E-state index contributed by atoms with van der Waals surface area (Å²) in [6.07, 6.45) is 6.83. The first-order valence-electron chi connectivity index (χ1n) is 5.46. The maximum atomic E-state index is 11.5. The van der Waals surface area contributed by atoms with Crippen LogP contribution in [-0.2, 0) is 4.79 Å². The Morgan fingerprint density at radius 3 is 2.77 bits per heavy atom. The second-order valence-corrected chi connectivity index (χ2v) is 4.50. The van der Waals surface area contributed by atoms with Crippen LogP contribution >= 0.6 is 0 Å². The van der Waals surface area contributed by atoms with Crippen LogP contribution in [0.3, 0.4) is 0 Å². The topological polar surface area (TPSA) is 37.3 Å². The zero-order chi connectivity index (χ0) is 9.26. The first-order chi connectivity index (χ1) is 6.33. The Balaban J connectivity index is 2.09. The second-order valence-electron chi connectivity index (χ2n) is 4.50. The maximum Gasteiger partial charge on any atom is 0.138 e. The van der Waals surface area contributed by atoms with E-state index in [9.17, 15) is 9.90 Å². The molecule has 0 radical (unpaired) electrons. The van der Waals surface area contributed by atoms with Crippen molar-refractivity contribution in [1.29, 1.82) is 0 Å². The highest BCUT2D eigenvalue weighted by atomic mass is 16.3. The van der Waals surface area contributed by atoms with Gasteiger partial charge in [-0.05, 0) is 24.7 Å². The molecule has 0 spiro atoms. The first-order valence-corrected chi connectivity index (χ1v) is 5.46. The van der Waals surface area contributed by atoms with Gasteiger partial charge in [0.25, 0.3) is 0 Å². The average Bonchev–Trinajstić information content (AvgIpc) is 2.18. The van der Waals surface area contributed by atoms with Crippen LogP contribution < -0.4 is 0 Å². The van der Waals surface area contributed by atoms with E-state index in [-0.39, 0.29) is 12.5 Å². The Hall–Kier alpha value is -0.370. The van der Waals surface area contributed by atoms with Crippen LogP contribution in [0.15, 0.2) is 0 Å². The van der Waals surface area contributed by atoms with E-state index < -0.39 is 0 Å². The maximum absolute atomic E-state index is 11.5. The third-order valence-corrected chi connectivity index (χ3v) is 3.86. The van der Waals surface area contributed by atoms with Crippen molar-refractivity contribution in [3.63, 3.8) is 0 Å². The molecule has 0 bridgehead atoms. The van der Waals surface area contributed by atoms with E-state index in [0.717, 1.165) is 12.3 Å². The van der Waals surface area contributed by atoms with Gasteiger partial charge in [-0.25, -0.2) is 0 Å². The van der Waals surface area contributed by atoms with Crippen LogP contribution in [0.5, 0.6) is 0 Å². The monoisotopic (exact) mass is 182 g/mol. The number of ketones is 1. The Morgan fingerprint density at radius 1 is 1.23 bits per heavy atom. The van der Waals surface area contributed by atoms with Crippen molar-refractivity contribution in [3.8, 4) is 0 Å². The van der Waals surface area contributed by atoms with Crippen LogP contribution in [0, 0.1) is 17.8 Å². The summed E-state index contributed by atoms with van der Waals surface area (Å²) in [6, 6.07) is 0. The number of aliphatic hydroxyl groups is 1. The molecule has 0 aromatic carbocycles. The van der Waals surface area contributed by atoms with Crippen LogP contribution in [0.25, 0.3) is 0 Å². The molecule has 2 fully saturated rings. The van der Waals surface area contributed by atoms with Crippen molar-refractivity contribution in [2.45, 2.75) is 38.5 Å². The van der Waals surface area contributed by atoms with Gasteiger partial charge in [0.15, 0.2) is 0 Å². The van der Waals surface area contributed by atoms with Crippen molar-refractivity contribution < 1.29 is 9.90 Å². The standard InChI is InChI=1S/C11H18O2/c12-7-10-9-4-2-1-3-8(9)5-6-11(10)13/h8-10,12H,1-7H2/t8-,9-,10?/m1/s1. The number of carbonyl (C=O) groups excluding carboxylic acids is 1. The number of fused-ring (bicyclic) bond motifs is 1. The molecule has 0 saturated heterocycles. The zero-order valence-electron chi connectivity index (χ0n) is 8.04. The van der Waals surface area contributed by atoms with Gasteiger partial charge in [-0.3, -0.25) is 4.79 Å². The van der Waals surface area contributed by atoms with E-state index in [2.05, 4.69) is 0 Å². The fourth-order valence-electron chi connectivity index (χ4n) is 3.11. The third kappa shape index (κ3) is 1.64. The Labute approximate surface area is 79.3 Å². The van der Waals surface area contributed by atoms with E-state index in [1.54, 1.807) is 0 Å². The molecule has 0 heterocycles. The van der Waals surface area contributed by atoms with Crippen molar-refractivity contribution in [1.82, 2.24) is 0 Å². The van der Waals surface area contributed by atoms with Gasteiger partial charge in [-0.2, -0.15) is 0 Å². The molecule has 0 aromatic rings. The summed E-state index contributed by atoms with van der Waals surface area (Å²) < 4.78 is 0. The van der Waals surface area contributed by atoms with E-state index in [1.165, 1.54) is 25.7 Å². The molecule has 74 valence electrons. The van der Waals surface area contributed by atoms with E-state index in [4.69, 9.17) is 0 Å². The van der Waals surface area contributed by atoms with Gasteiger partial charge >= 0.3 is 0 Å². The van der Waals surface area contributed by atoms with Gasteiger partial charge in [0.1, 0.15) is 5.78 Å². The highest BCUT2D eigenvalue weighted by Gasteiger charge is 2.38. The van der Waals surface area contributed by atoms with Gasteiger partial charge in [0, 0.05) is 12.3 Å². The minimum atomic E-state index is -0.0148. The average molecular weight is 182 g/mol. The van der Waals surface area contributed by atoms with Gasteiger partial charge < -0.3 is 5.11 Å². The second kappa shape index (κ2) is 3.79. The number of hydrogen-bond donors (Lipinski definition) is 1. The molecular weight excluding hydrogens is 164 g/mol. The molecule has 1 unspecified atom stereocenters. The summed E-state index contributed by atoms with van der Waals surface area (Å²) in [5, 5.41) is 9.18. The van der Waals surface area contributed by atoms with E-state index >= 15 is 0 Å². The summed E-state index contributed by atoms with van der Waals surface area (Å²) in [4.78, 5) is 11.5. The molecule has 2 aliphatic carbocycles. The minimum Gasteiger partial charge on any atom is -0.396 e. The number of carbonyl (C=O) groups is 1. The number of aliphatic hydroxyl groups excluding tert-OH is 1. The normalized spacial score (nSPS) is 40.1. The van der Waals surface area contributed by atoms with Crippen LogP contribution in [0.2, 0.25) is 0 Å². The van der Waals surface area contributed by atoms with Gasteiger partial charge in [0.05, 0.1) is 6.61 Å². The molecule has 3 atom stereocenters. The van der Waals surface area contributed by atoms with Crippen LogP contribution in [0.1, 0.15) is 38.5 Å². The number of hydrogen-bond acceptors (Lipinski definition) is 2. The molecule has 13 heavy (non-hydrogen) atoms. The highest BCUT2D eigenvalue weighted by molar-refractivity contribution is 5.82. The highest BCUT2D eigenvalue weighted by Crippen LogP contribution is 2.42. The lowest BCUT2D eigenvalue weighted by atomic mass is 9.65. The summed E-state index contributed by atoms with van der Waals surface area (Å²) >= 11 is 0. The lowest BCUT2D eigenvalue weighted by molar-refractivity contribution is -0.131. The predicted octanol–water partition coefficient (Wildman–Crippen LogP) is 1.76. The Kier molecular flexibility index (Phi) is 2.68. The molecule has 0 aromatic heterocycles. The van der Waals surface area contributed by atoms with Crippen molar-refractivity contribution in [3.05, 3.63) is 0 Å². The number of rotatable bonds is 1. The number of Topliss-reactive ketones (excluding diaryl/α,β-unsaturated/α-hetero) is 1. The Morgan fingerprint density at radius 2 is 2.00 bits per heavy atom. The summed E-state index contributed by atoms with van der Waals surface area (Å²) in [5.74, 6) is 1.55. The van der Waals surface area contributed by atoms with Crippen molar-refractivity contribution in [2.24, 2.45) is 17.8 Å². The molecule has 2 saturated carbocycles. The fraction of sp³-hybridized carbons (Fsp3) is 0.909. The van der Waals surface area contributed by atoms with Crippen molar-refractivity contribution >= 4 is 5.78 Å². The lowest BCUT2D eigenvalue weighted by Gasteiger charge is -2.39. The third-order valence-electron chi connectivity index (χ3n) is 3.86. The van der Waals surface area contributed by atoms with Gasteiger partial charge in [-0.1, -0.05) is 19.3 Å². The van der Waals surface area contributed by atoms with Crippen LogP contribution in [0.4, 0.5) is 0 Å². The quantitative estimate of drug-likeness (QED) is 0.671. The van der Waals surface area contributed by atoms with Gasteiger partial charge in [-0.15, -0.1) is 0 Å². The predicted molar refractivity (Wildman–Crippen MR) is 50.3 cm³/mol.